The summed E-state index contributed by atoms with van der Waals surface area (Å²) in [7, 11) is 0. The van der Waals surface area contributed by atoms with E-state index in [2.05, 4.69) is 4.98 Å². The van der Waals surface area contributed by atoms with E-state index in [9.17, 15) is 23.1 Å². The van der Waals surface area contributed by atoms with E-state index in [4.69, 9.17) is 14.3 Å². The van der Waals surface area contributed by atoms with E-state index in [1.807, 2.05) is 6.92 Å². The van der Waals surface area contributed by atoms with Crippen LogP contribution in [-0.2, 0) is 27.7 Å². The van der Waals surface area contributed by atoms with Crippen LogP contribution in [0.15, 0.2) is 4.42 Å². The van der Waals surface area contributed by atoms with E-state index >= 15 is 0 Å². The second kappa shape index (κ2) is 6.84. The molecular weight excluding hydrogens is 355 g/mol. The zero-order chi connectivity index (χ0) is 19.1. The first-order valence-electron chi connectivity index (χ1n) is 8.79. The highest BCUT2D eigenvalue weighted by Crippen LogP contribution is 2.56. The van der Waals surface area contributed by atoms with Gasteiger partial charge in [0.05, 0.1) is 12.5 Å². The smallest absolute Gasteiger partial charge is 0.451 e. The lowest BCUT2D eigenvalue weighted by Gasteiger charge is -2.40. The lowest BCUT2D eigenvalue weighted by Crippen LogP contribution is -2.45. The van der Waals surface area contributed by atoms with Crippen molar-refractivity contribution in [1.82, 2.24) is 4.98 Å². The number of nitrogens with zero attached hydrogens (tertiary/aromatic N) is 1. The third-order valence-electron chi connectivity index (χ3n) is 5.38. The van der Waals surface area contributed by atoms with Crippen LogP contribution in [-0.4, -0.2) is 33.9 Å². The Kier molecular flexibility index (Phi) is 5.04. The van der Waals surface area contributed by atoms with E-state index in [1.54, 1.807) is 0 Å². The summed E-state index contributed by atoms with van der Waals surface area (Å²) in [6.45, 7) is 2.59. The average molecular weight is 377 g/mol. The third kappa shape index (κ3) is 3.34. The van der Waals surface area contributed by atoms with Crippen molar-refractivity contribution < 1.29 is 37.3 Å². The summed E-state index contributed by atoms with van der Waals surface area (Å²) in [5.74, 6) is -3.93. The van der Waals surface area contributed by atoms with Crippen LogP contribution in [0.2, 0.25) is 0 Å². The first kappa shape index (κ1) is 19.2. The highest BCUT2D eigenvalue weighted by Gasteiger charge is 2.58. The van der Waals surface area contributed by atoms with Gasteiger partial charge in [0.2, 0.25) is 11.7 Å². The normalized spacial score (nSPS) is 31.3. The SMILES string of the molecule is CCCO[C@@H]1C[C@H]2CC[C@@H](C1)[C@]2(O)c1nc(CC(=O)O)c(C(F)(F)F)o1. The molecule has 0 amide bonds. The maximum Gasteiger partial charge on any atom is 0.451 e. The van der Waals surface area contributed by atoms with E-state index in [1.165, 1.54) is 0 Å². The molecule has 26 heavy (non-hydrogen) atoms. The van der Waals surface area contributed by atoms with Crippen molar-refractivity contribution in [3.63, 3.8) is 0 Å². The summed E-state index contributed by atoms with van der Waals surface area (Å²) in [5.41, 5.74) is -2.31. The van der Waals surface area contributed by atoms with Crippen molar-refractivity contribution >= 4 is 5.97 Å². The second-order valence-electron chi connectivity index (χ2n) is 7.12. The molecule has 0 spiro atoms. The van der Waals surface area contributed by atoms with Gasteiger partial charge in [0, 0.05) is 6.61 Å². The quantitative estimate of drug-likeness (QED) is 0.791. The first-order valence-corrected chi connectivity index (χ1v) is 8.79. The van der Waals surface area contributed by atoms with Gasteiger partial charge in [-0.25, -0.2) is 4.98 Å². The van der Waals surface area contributed by atoms with Gasteiger partial charge in [-0.2, -0.15) is 13.2 Å². The molecule has 2 aliphatic carbocycles. The molecule has 2 bridgehead atoms. The second-order valence-corrected chi connectivity index (χ2v) is 7.12. The molecular formula is C17H22F3NO5. The van der Waals surface area contributed by atoms with Gasteiger partial charge >= 0.3 is 12.1 Å². The number of fused-ring (bicyclic) bond motifs is 2. The molecule has 6 nitrogen and oxygen atoms in total. The number of hydrogen-bond acceptors (Lipinski definition) is 5. The van der Waals surface area contributed by atoms with E-state index in [0.29, 0.717) is 32.3 Å². The lowest BCUT2D eigenvalue weighted by atomic mass is 9.73. The molecule has 0 radical (unpaired) electrons. The number of alkyl halides is 3. The molecule has 1 heterocycles. The Hall–Kier alpha value is -1.61. The maximum absolute atomic E-state index is 13.2. The van der Waals surface area contributed by atoms with Crippen LogP contribution < -0.4 is 0 Å². The zero-order valence-corrected chi connectivity index (χ0v) is 14.4. The van der Waals surface area contributed by atoms with Crippen molar-refractivity contribution in [3.8, 4) is 0 Å². The summed E-state index contributed by atoms with van der Waals surface area (Å²) >= 11 is 0. The molecule has 2 aliphatic rings. The largest absolute Gasteiger partial charge is 0.481 e. The molecule has 2 fully saturated rings. The summed E-state index contributed by atoms with van der Waals surface area (Å²) in [6, 6.07) is 0. The molecule has 9 heteroatoms. The number of carboxylic acids is 1. The third-order valence-corrected chi connectivity index (χ3v) is 5.38. The molecule has 0 saturated heterocycles. The summed E-state index contributed by atoms with van der Waals surface area (Å²) in [4.78, 5) is 14.7. The number of hydrogen-bond donors (Lipinski definition) is 2. The fourth-order valence-corrected chi connectivity index (χ4v) is 4.28. The van der Waals surface area contributed by atoms with Crippen LogP contribution in [0.3, 0.4) is 0 Å². The van der Waals surface area contributed by atoms with Crippen LogP contribution in [0.25, 0.3) is 0 Å². The number of aliphatic carboxylic acids is 1. The molecule has 2 N–H and O–H groups in total. The minimum atomic E-state index is -4.87. The minimum absolute atomic E-state index is 0.0386. The number of rotatable bonds is 6. The lowest BCUT2D eigenvalue weighted by molar-refractivity contribution is -0.160. The number of halogens is 3. The van der Waals surface area contributed by atoms with E-state index in [0.717, 1.165) is 6.42 Å². The van der Waals surface area contributed by atoms with Crippen LogP contribution in [0.5, 0.6) is 0 Å². The predicted octanol–water partition coefficient (Wildman–Crippen LogP) is 3.12. The van der Waals surface area contributed by atoms with E-state index in [-0.39, 0.29) is 17.9 Å². The Morgan fingerprint density at radius 3 is 2.46 bits per heavy atom. The Morgan fingerprint density at radius 2 is 1.96 bits per heavy atom. The number of carboxylic acid groups (broad SMARTS) is 1. The fraction of sp³-hybridized carbons (Fsp3) is 0.765. The molecule has 2 saturated carbocycles. The number of carbonyl (C=O) groups is 1. The zero-order valence-electron chi connectivity index (χ0n) is 14.4. The van der Waals surface area contributed by atoms with E-state index < -0.39 is 41.5 Å². The van der Waals surface area contributed by atoms with Crippen molar-refractivity contribution in [1.29, 1.82) is 0 Å². The molecule has 0 aliphatic heterocycles. The number of ether oxygens (including phenoxy) is 1. The van der Waals surface area contributed by atoms with Crippen molar-refractivity contribution in [3.05, 3.63) is 17.3 Å². The summed E-state index contributed by atoms with van der Waals surface area (Å²) < 4.78 is 50.2. The van der Waals surface area contributed by atoms with Crippen molar-refractivity contribution in [2.24, 2.45) is 11.8 Å². The van der Waals surface area contributed by atoms with Gasteiger partial charge in [0.1, 0.15) is 11.3 Å². The van der Waals surface area contributed by atoms with Crippen LogP contribution in [0.4, 0.5) is 13.2 Å². The van der Waals surface area contributed by atoms with Gasteiger partial charge in [-0.3, -0.25) is 4.79 Å². The predicted molar refractivity (Wildman–Crippen MR) is 82.2 cm³/mol. The molecule has 146 valence electrons. The number of aliphatic hydroxyl groups is 1. The van der Waals surface area contributed by atoms with Crippen LogP contribution in [0, 0.1) is 11.8 Å². The highest BCUT2D eigenvalue weighted by molar-refractivity contribution is 5.69. The van der Waals surface area contributed by atoms with Crippen molar-refractivity contribution in [2.45, 2.75) is 63.3 Å². The van der Waals surface area contributed by atoms with Crippen molar-refractivity contribution in [2.75, 3.05) is 6.61 Å². The average Bonchev–Trinajstić information content (AvgIpc) is 3.00. The monoisotopic (exact) mass is 377 g/mol. The Balaban J connectivity index is 1.91. The standard InChI is InChI=1S/C17H22F3NO5/c1-2-5-25-11-6-9-3-4-10(7-11)16(9,24)15-21-12(8-13(22)23)14(26-15)17(18,19)20/h9-11,24H,2-8H2,1H3,(H,22,23)/t9-,10+,11-,16+. The minimum Gasteiger partial charge on any atom is -0.481 e. The summed E-state index contributed by atoms with van der Waals surface area (Å²) in [5, 5.41) is 20.0. The van der Waals surface area contributed by atoms with Gasteiger partial charge in [-0.1, -0.05) is 6.92 Å². The molecule has 4 atom stereocenters. The Morgan fingerprint density at radius 1 is 1.35 bits per heavy atom. The Labute approximate surface area is 148 Å². The molecule has 0 unspecified atom stereocenters. The fourth-order valence-electron chi connectivity index (χ4n) is 4.28. The van der Waals surface area contributed by atoms with Gasteiger partial charge in [0.15, 0.2) is 0 Å². The molecule has 0 aromatic carbocycles. The molecule has 1 aromatic heterocycles. The van der Waals surface area contributed by atoms with Gasteiger partial charge in [0.25, 0.3) is 0 Å². The van der Waals surface area contributed by atoms with Crippen LogP contribution in [0.1, 0.15) is 56.4 Å². The van der Waals surface area contributed by atoms with Gasteiger partial charge in [-0.05, 0) is 43.9 Å². The number of aromatic nitrogens is 1. The van der Waals surface area contributed by atoms with Gasteiger partial charge < -0.3 is 19.4 Å². The topological polar surface area (TPSA) is 92.8 Å². The van der Waals surface area contributed by atoms with Gasteiger partial charge in [-0.15, -0.1) is 0 Å². The maximum atomic E-state index is 13.2. The summed E-state index contributed by atoms with van der Waals surface area (Å²) in [6.07, 6.45) is -2.63. The molecule has 1 aromatic rings. The first-order chi connectivity index (χ1) is 12.2. The van der Waals surface area contributed by atoms with Crippen LogP contribution >= 0.6 is 0 Å². The molecule has 3 rings (SSSR count). The number of oxazole rings is 1. The Bertz CT molecular complexity index is 658. The highest BCUT2D eigenvalue weighted by atomic mass is 19.4.